The lowest BCUT2D eigenvalue weighted by molar-refractivity contribution is -0.105. The fourth-order valence-corrected chi connectivity index (χ4v) is 4.41. The van der Waals surface area contributed by atoms with E-state index in [0.717, 1.165) is 35.4 Å². The van der Waals surface area contributed by atoms with Gasteiger partial charge in [-0.3, -0.25) is 0 Å². The number of hydrogen-bond acceptors (Lipinski definition) is 1. The summed E-state index contributed by atoms with van der Waals surface area (Å²) in [6, 6.07) is 9.98. The molecule has 2 aromatic carbocycles. The molecule has 0 amide bonds. The average Bonchev–Trinajstić information content (AvgIpc) is 2.68. The molecule has 0 nitrogen and oxygen atoms in total. The van der Waals surface area contributed by atoms with Crippen molar-refractivity contribution in [2.45, 2.75) is 44.7 Å². The lowest BCUT2D eigenvalue weighted by atomic mass is 9.91. The van der Waals surface area contributed by atoms with Gasteiger partial charge in [0.15, 0.2) is 0 Å². The second-order valence-corrected chi connectivity index (χ2v) is 9.85. The average molecular weight is 523 g/mol. The monoisotopic (exact) mass is 522 g/mol. The number of benzene rings is 2. The topological polar surface area (TPSA) is 0 Å². The minimum atomic E-state index is -4.18. The minimum Gasteiger partial charge on any atom is -0.206 e. The predicted octanol–water partition coefficient (Wildman–Crippen LogP) is 9.71. The molecule has 0 saturated heterocycles. The maximum Gasteiger partial charge on any atom is 0.397 e. The Bertz CT molecular complexity index is 993. The van der Waals surface area contributed by atoms with Gasteiger partial charge in [0, 0.05) is 6.92 Å². The first-order valence-corrected chi connectivity index (χ1v) is 12.1. The summed E-state index contributed by atoms with van der Waals surface area (Å²) < 4.78 is 65.7. The third-order valence-electron chi connectivity index (χ3n) is 4.92. The zero-order valence-electron chi connectivity index (χ0n) is 18.3. The first-order valence-electron chi connectivity index (χ1n) is 10.2. The molecule has 0 spiro atoms. The van der Waals surface area contributed by atoms with Crippen molar-refractivity contribution >= 4 is 46.6 Å². The van der Waals surface area contributed by atoms with Gasteiger partial charge in [-0.25, -0.2) is 8.78 Å². The van der Waals surface area contributed by atoms with E-state index >= 15 is 0 Å². The van der Waals surface area contributed by atoms with Gasteiger partial charge in [-0.2, -0.15) is 24.9 Å². The van der Waals surface area contributed by atoms with E-state index < -0.39 is 23.8 Å². The highest BCUT2D eigenvalue weighted by atomic mass is 35.5. The van der Waals surface area contributed by atoms with E-state index in [1.54, 1.807) is 6.08 Å². The van der Waals surface area contributed by atoms with Crippen LogP contribution in [0.4, 0.5) is 22.0 Å². The molecule has 0 heterocycles. The summed E-state index contributed by atoms with van der Waals surface area (Å²) in [7, 11) is 0. The van der Waals surface area contributed by atoms with Gasteiger partial charge in [0.1, 0.15) is 0 Å². The molecule has 0 N–H and O–H groups in total. The van der Waals surface area contributed by atoms with Crippen molar-refractivity contribution in [2.24, 2.45) is 0 Å². The van der Waals surface area contributed by atoms with E-state index in [4.69, 9.17) is 23.2 Å². The zero-order valence-corrected chi connectivity index (χ0v) is 20.6. The minimum absolute atomic E-state index is 0.202. The van der Waals surface area contributed by atoms with Crippen LogP contribution in [-0.4, -0.2) is 23.6 Å². The van der Waals surface area contributed by atoms with Crippen LogP contribution in [-0.2, 0) is 6.42 Å². The lowest BCUT2D eigenvalue weighted by Crippen LogP contribution is -2.20. The van der Waals surface area contributed by atoms with Crippen LogP contribution in [0.15, 0.2) is 49.1 Å². The van der Waals surface area contributed by atoms with Crippen molar-refractivity contribution in [1.29, 1.82) is 0 Å². The molecular weight excluding hydrogens is 498 g/mol. The van der Waals surface area contributed by atoms with Gasteiger partial charge >= 0.3 is 6.18 Å². The van der Waals surface area contributed by atoms with Gasteiger partial charge in [-0.1, -0.05) is 71.8 Å². The largest absolute Gasteiger partial charge is 0.397 e. The van der Waals surface area contributed by atoms with Crippen molar-refractivity contribution in [3.05, 3.63) is 81.4 Å². The third kappa shape index (κ3) is 8.99. The molecule has 180 valence electrons. The number of halogens is 7. The molecule has 0 radical (unpaired) electrons. The van der Waals surface area contributed by atoms with Crippen molar-refractivity contribution in [1.82, 2.24) is 0 Å². The van der Waals surface area contributed by atoms with Gasteiger partial charge in [0.2, 0.25) is 0 Å². The molecule has 0 aliphatic heterocycles. The molecule has 2 rings (SSSR count). The van der Waals surface area contributed by atoms with Crippen molar-refractivity contribution in [3.63, 3.8) is 0 Å². The highest BCUT2D eigenvalue weighted by Gasteiger charge is 2.33. The summed E-state index contributed by atoms with van der Waals surface area (Å²) in [5.74, 6) is -4.75. The molecule has 0 aromatic heterocycles. The van der Waals surface area contributed by atoms with Gasteiger partial charge in [-0.05, 0) is 59.9 Å². The summed E-state index contributed by atoms with van der Waals surface area (Å²) in [6.07, 6.45) is -0.000548. The van der Waals surface area contributed by atoms with Gasteiger partial charge in [0.05, 0.1) is 21.7 Å². The molecule has 0 aliphatic rings. The third-order valence-corrected chi connectivity index (χ3v) is 6.77. The number of alkyl halides is 5. The zero-order chi connectivity index (χ0) is 24.8. The second kappa shape index (κ2) is 11.8. The number of thioether (sulfide) groups is 1. The van der Waals surface area contributed by atoms with Crippen LogP contribution in [0.5, 0.6) is 0 Å². The SMILES string of the molecule is C=C(C)c1ccc(/C=C/C(c2ccc(Cl)c(Cl)c2)C(C)(F)F)cc1CCCSCC(F)(F)F. The molecule has 33 heavy (non-hydrogen) atoms. The molecular formula is C25H25Cl2F5S. The van der Waals surface area contributed by atoms with E-state index in [2.05, 4.69) is 6.58 Å². The second-order valence-electron chi connectivity index (χ2n) is 7.93. The fraction of sp³-hybridized carbons (Fsp3) is 0.360. The Morgan fingerprint density at radius 1 is 1.06 bits per heavy atom. The summed E-state index contributed by atoms with van der Waals surface area (Å²) >= 11 is 12.8. The van der Waals surface area contributed by atoms with E-state index in [9.17, 15) is 22.0 Å². The standard InChI is InChI=1S/C25H25Cl2F5S/c1-16(2)20-9-6-17(13-18(20)5-4-12-33-15-25(30,31)32)7-10-21(24(3,28)29)19-8-11-22(26)23(27)14-19/h6-11,13-14,21H,1,4-5,12,15H2,2-3H3/b10-7+. The van der Waals surface area contributed by atoms with Crippen LogP contribution in [0.1, 0.15) is 48.4 Å². The van der Waals surface area contributed by atoms with Crippen LogP contribution in [0.3, 0.4) is 0 Å². The highest BCUT2D eigenvalue weighted by Crippen LogP contribution is 2.37. The molecule has 0 aliphatic carbocycles. The van der Waals surface area contributed by atoms with Crippen molar-refractivity contribution in [3.8, 4) is 0 Å². The van der Waals surface area contributed by atoms with E-state index in [-0.39, 0.29) is 10.0 Å². The highest BCUT2D eigenvalue weighted by molar-refractivity contribution is 7.99. The smallest absolute Gasteiger partial charge is 0.206 e. The Hall–Kier alpha value is -1.50. The van der Waals surface area contributed by atoms with Crippen molar-refractivity contribution < 1.29 is 22.0 Å². The fourth-order valence-electron chi connectivity index (χ4n) is 3.38. The normalized spacial score (nSPS) is 13.5. The molecule has 1 unspecified atom stereocenters. The van der Waals surface area contributed by atoms with E-state index in [0.29, 0.717) is 29.7 Å². The van der Waals surface area contributed by atoms with Crippen LogP contribution < -0.4 is 0 Å². The van der Waals surface area contributed by atoms with Crippen LogP contribution in [0.2, 0.25) is 10.0 Å². The van der Waals surface area contributed by atoms with Gasteiger partial charge < -0.3 is 0 Å². The van der Waals surface area contributed by atoms with Crippen LogP contribution in [0, 0.1) is 0 Å². The Morgan fingerprint density at radius 3 is 2.33 bits per heavy atom. The quantitative estimate of drug-likeness (QED) is 0.221. The van der Waals surface area contributed by atoms with Gasteiger partial charge in [-0.15, -0.1) is 0 Å². The molecule has 0 saturated carbocycles. The lowest BCUT2D eigenvalue weighted by Gasteiger charge is -2.21. The first kappa shape index (κ1) is 27.7. The number of hydrogen-bond donors (Lipinski definition) is 0. The molecule has 0 fully saturated rings. The molecule has 2 aromatic rings. The molecule has 8 heteroatoms. The summed E-state index contributed by atoms with van der Waals surface area (Å²) in [6.45, 7) is 6.66. The Labute approximate surface area is 205 Å². The Morgan fingerprint density at radius 2 is 1.76 bits per heavy atom. The summed E-state index contributed by atoms with van der Waals surface area (Å²) in [5, 5.41) is 0.490. The maximum absolute atomic E-state index is 14.4. The molecule has 0 bridgehead atoms. The van der Waals surface area contributed by atoms with E-state index in [1.807, 2.05) is 25.1 Å². The predicted molar refractivity (Wildman–Crippen MR) is 132 cm³/mol. The van der Waals surface area contributed by atoms with E-state index in [1.165, 1.54) is 24.3 Å². The van der Waals surface area contributed by atoms with Crippen LogP contribution in [0.25, 0.3) is 11.6 Å². The number of rotatable bonds is 10. The summed E-state index contributed by atoms with van der Waals surface area (Å²) in [4.78, 5) is 0. The Balaban J connectivity index is 2.23. The number of aryl methyl sites for hydroxylation is 1. The first-order chi connectivity index (χ1) is 15.3. The summed E-state index contributed by atoms with van der Waals surface area (Å²) in [5.41, 5.74) is 3.72. The van der Waals surface area contributed by atoms with Crippen molar-refractivity contribution in [2.75, 3.05) is 11.5 Å². The molecule has 1 atom stereocenters. The Kier molecular flexibility index (Phi) is 9.89. The number of allylic oxidation sites excluding steroid dienone is 2. The maximum atomic E-state index is 14.4. The van der Waals surface area contributed by atoms with Gasteiger partial charge in [0.25, 0.3) is 5.92 Å². The van der Waals surface area contributed by atoms with Crippen LogP contribution >= 0.6 is 35.0 Å².